The molecular weight excluding hydrogens is 462 g/mol. The van der Waals surface area contributed by atoms with Crippen LogP contribution in [-0.2, 0) is 25.0 Å². The van der Waals surface area contributed by atoms with Gasteiger partial charge in [0.2, 0.25) is 21.8 Å². The van der Waals surface area contributed by atoms with Crippen LogP contribution in [0.2, 0.25) is 0 Å². The third-order valence-corrected chi connectivity index (χ3v) is 9.52. The summed E-state index contributed by atoms with van der Waals surface area (Å²) in [6.45, 7) is 2.85. The van der Waals surface area contributed by atoms with Crippen LogP contribution in [0.3, 0.4) is 0 Å². The van der Waals surface area contributed by atoms with Crippen LogP contribution in [0, 0.1) is 0 Å². The molecule has 4 rings (SSSR count). The standard InChI is InChI=1S/C23H27N3O5S2/c1-2-23(12-10-19(27)25-22(23)29)16-6-8-17(9-7-16)24-21(28)20-18(11-15-32-20)33(30,31)26-13-4-3-5-14-26/h6-9,11,15H,2-5,10,12-14H2,1H3,(H,24,28)(H,25,27,29). The summed E-state index contributed by atoms with van der Waals surface area (Å²) in [5.41, 5.74) is 0.495. The molecule has 2 fully saturated rings. The molecule has 1 aromatic carbocycles. The number of amides is 3. The van der Waals surface area contributed by atoms with Crippen molar-refractivity contribution < 1.29 is 22.8 Å². The maximum atomic E-state index is 13.1. The maximum absolute atomic E-state index is 13.1. The number of nitrogens with zero attached hydrogens (tertiary/aromatic N) is 1. The van der Waals surface area contributed by atoms with Gasteiger partial charge in [0.1, 0.15) is 9.77 Å². The number of anilines is 1. The van der Waals surface area contributed by atoms with Crippen LogP contribution in [-0.4, -0.2) is 43.5 Å². The Morgan fingerprint density at radius 3 is 2.45 bits per heavy atom. The second-order valence-electron chi connectivity index (χ2n) is 8.42. The molecule has 2 aliphatic heterocycles. The molecule has 33 heavy (non-hydrogen) atoms. The molecule has 176 valence electrons. The summed E-state index contributed by atoms with van der Waals surface area (Å²) >= 11 is 1.09. The van der Waals surface area contributed by atoms with Gasteiger partial charge in [0.05, 0.1) is 5.41 Å². The monoisotopic (exact) mass is 489 g/mol. The van der Waals surface area contributed by atoms with E-state index in [0.29, 0.717) is 31.6 Å². The van der Waals surface area contributed by atoms with Crippen molar-refractivity contribution in [3.8, 4) is 0 Å². The molecule has 2 aliphatic rings. The highest BCUT2D eigenvalue weighted by atomic mass is 32.2. The largest absolute Gasteiger partial charge is 0.321 e. The number of nitrogens with one attached hydrogen (secondary N) is 2. The molecule has 0 bridgehead atoms. The van der Waals surface area contributed by atoms with Crippen molar-refractivity contribution in [2.45, 2.75) is 55.8 Å². The molecule has 2 N–H and O–H groups in total. The molecule has 2 saturated heterocycles. The van der Waals surface area contributed by atoms with Crippen molar-refractivity contribution in [1.29, 1.82) is 0 Å². The summed E-state index contributed by atoms with van der Waals surface area (Å²) in [5, 5.41) is 6.81. The average molecular weight is 490 g/mol. The number of rotatable bonds is 6. The van der Waals surface area contributed by atoms with Crippen LogP contribution in [0.25, 0.3) is 0 Å². The third kappa shape index (κ3) is 4.47. The lowest BCUT2D eigenvalue weighted by Gasteiger charge is -2.35. The normalized spacial score (nSPS) is 22.1. The van der Waals surface area contributed by atoms with E-state index in [0.717, 1.165) is 36.2 Å². The Balaban J connectivity index is 1.52. The Morgan fingerprint density at radius 1 is 1.12 bits per heavy atom. The van der Waals surface area contributed by atoms with Gasteiger partial charge in [-0.1, -0.05) is 25.5 Å². The topological polar surface area (TPSA) is 113 Å². The first kappa shape index (κ1) is 23.6. The summed E-state index contributed by atoms with van der Waals surface area (Å²) in [6.07, 6.45) is 3.92. The number of carbonyl (C=O) groups is 3. The summed E-state index contributed by atoms with van der Waals surface area (Å²) in [5.74, 6) is -1.05. The van der Waals surface area contributed by atoms with Gasteiger partial charge < -0.3 is 5.32 Å². The summed E-state index contributed by atoms with van der Waals surface area (Å²) < 4.78 is 27.6. The van der Waals surface area contributed by atoms with Gasteiger partial charge in [-0.15, -0.1) is 11.3 Å². The lowest BCUT2D eigenvalue weighted by atomic mass is 9.72. The van der Waals surface area contributed by atoms with Gasteiger partial charge in [-0.25, -0.2) is 8.42 Å². The number of carbonyl (C=O) groups excluding carboxylic acids is 3. The first-order chi connectivity index (χ1) is 15.8. The molecule has 1 aromatic heterocycles. The molecule has 1 unspecified atom stereocenters. The first-order valence-electron chi connectivity index (χ1n) is 11.1. The van der Waals surface area contributed by atoms with E-state index in [1.165, 1.54) is 10.4 Å². The Kier molecular flexibility index (Phi) is 6.69. The van der Waals surface area contributed by atoms with Crippen LogP contribution in [0.1, 0.15) is 60.7 Å². The number of hydrogen-bond donors (Lipinski definition) is 2. The molecule has 0 radical (unpaired) electrons. The zero-order valence-electron chi connectivity index (χ0n) is 18.4. The second kappa shape index (κ2) is 9.36. The molecule has 0 aliphatic carbocycles. The number of benzene rings is 1. The van der Waals surface area contributed by atoms with E-state index in [1.54, 1.807) is 29.6 Å². The fourth-order valence-corrected chi connectivity index (χ4v) is 7.35. The molecule has 3 amide bonds. The zero-order valence-corrected chi connectivity index (χ0v) is 20.1. The fraction of sp³-hybridized carbons (Fsp3) is 0.435. The van der Waals surface area contributed by atoms with E-state index in [4.69, 9.17) is 0 Å². The number of hydrogen-bond acceptors (Lipinski definition) is 6. The van der Waals surface area contributed by atoms with Crippen molar-refractivity contribution in [3.63, 3.8) is 0 Å². The predicted molar refractivity (Wildman–Crippen MR) is 126 cm³/mol. The van der Waals surface area contributed by atoms with Gasteiger partial charge in [0.25, 0.3) is 5.91 Å². The quantitative estimate of drug-likeness (QED) is 0.605. The van der Waals surface area contributed by atoms with E-state index < -0.39 is 21.3 Å². The SMILES string of the molecule is CCC1(c2ccc(NC(=O)c3sccc3S(=O)(=O)N3CCCCC3)cc2)CCC(=O)NC1=O. The van der Waals surface area contributed by atoms with E-state index >= 15 is 0 Å². The molecule has 2 aromatic rings. The van der Waals surface area contributed by atoms with Crippen LogP contribution in [0.5, 0.6) is 0 Å². The molecule has 10 heteroatoms. The molecule has 0 spiro atoms. The summed E-state index contributed by atoms with van der Waals surface area (Å²) in [4.78, 5) is 37.3. The highest BCUT2D eigenvalue weighted by molar-refractivity contribution is 7.89. The van der Waals surface area contributed by atoms with Gasteiger partial charge in [0, 0.05) is 25.2 Å². The van der Waals surface area contributed by atoms with Gasteiger partial charge in [-0.2, -0.15) is 4.31 Å². The number of sulfonamides is 1. The lowest BCUT2D eigenvalue weighted by Crippen LogP contribution is -2.51. The highest BCUT2D eigenvalue weighted by Crippen LogP contribution is 2.36. The smallest absolute Gasteiger partial charge is 0.267 e. The maximum Gasteiger partial charge on any atom is 0.267 e. The number of thiophene rings is 1. The average Bonchev–Trinajstić information content (AvgIpc) is 3.32. The Morgan fingerprint density at radius 2 is 1.82 bits per heavy atom. The van der Waals surface area contributed by atoms with Crippen LogP contribution >= 0.6 is 11.3 Å². The Bertz CT molecular complexity index is 1170. The van der Waals surface area contributed by atoms with Crippen LogP contribution < -0.4 is 10.6 Å². The van der Waals surface area contributed by atoms with E-state index in [1.807, 2.05) is 6.92 Å². The van der Waals surface area contributed by atoms with Crippen molar-refractivity contribution in [3.05, 3.63) is 46.2 Å². The predicted octanol–water partition coefficient (Wildman–Crippen LogP) is 3.26. The van der Waals surface area contributed by atoms with Crippen molar-refractivity contribution in [2.24, 2.45) is 0 Å². The number of piperidine rings is 2. The van der Waals surface area contributed by atoms with Gasteiger partial charge >= 0.3 is 0 Å². The number of imide groups is 1. The van der Waals surface area contributed by atoms with Gasteiger partial charge in [-0.05, 0) is 54.8 Å². The van der Waals surface area contributed by atoms with Crippen molar-refractivity contribution in [1.82, 2.24) is 9.62 Å². The lowest BCUT2D eigenvalue weighted by molar-refractivity contribution is -0.138. The third-order valence-electron chi connectivity index (χ3n) is 6.53. The molecular formula is C23H27N3O5S2. The van der Waals surface area contributed by atoms with Crippen LogP contribution in [0.4, 0.5) is 5.69 Å². The highest BCUT2D eigenvalue weighted by Gasteiger charge is 2.42. The van der Waals surface area contributed by atoms with Gasteiger partial charge in [-0.3, -0.25) is 19.7 Å². The summed E-state index contributed by atoms with van der Waals surface area (Å²) in [6, 6.07) is 8.42. The minimum atomic E-state index is -3.72. The van der Waals surface area contributed by atoms with E-state index in [9.17, 15) is 22.8 Å². The van der Waals surface area contributed by atoms with Crippen LogP contribution in [0.15, 0.2) is 40.6 Å². The minimum absolute atomic E-state index is 0.0389. The van der Waals surface area contributed by atoms with Gasteiger partial charge in [0.15, 0.2) is 0 Å². The van der Waals surface area contributed by atoms with Crippen molar-refractivity contribution >= 4 is 44.8 Å². The Hall–Kier alpha value is -2.56. The van der Waals surface area contributed by atoms with E-state index in [2.05, 4.69) is 10.6 Å². The molecule has 0 saturated carbocycles. The second-order valence-corrected chi connectivity index (χ2v) is 11.2. The minimum Gasteiger partial charge on any atom is -0.321 e. The molecule has 1 atom stereocenters. The van der Waals surface area contributed by atoms with E-state index in [-0.39, 0.29) is 28.0 Å². The fourth-order valence-electron chi connectivity index (χ4n) is 4.54. The first-order valence-corrected chi connectivity index (χ1v) is 13.4. The molecule has 3 heterocycles. The van der Waals surface area contributed by atoms with Crippen molar-refractivity contribution in [2.75, 3.05) is 18.4 Å². The Labute approximate surface area is 197 Å². The molecule has 8 nitrogen and oxygen atoms in total. The summed E-state index contributed by atoms with van der Waals surface area (Å²) in [7, 11) is -3.72. The zero-order chi connectivity index (χ0) is 23.6.